The largest absolute Gasteiger partial charge is 0.343 e. The fourth-order valence-corrected chi connectivity index (χ4v) is 1.65. The lowest BCUT2D eigenvalue weighted by molar-refractivity contribution is -0.129. The molecule has 1 aliphatic rings. The van der Waals surface area contributed by atoms with Crippen LogP contribution < -0.4 is 0 Å². The van der Waals surface area contributed by atoms with Crippen molar-refractivity contribution in [1.29, 1.82) is 0 Å². The Morgan fingerprint density at radius 2 is 1.44 bits per heavy atom. The molecule has 0 spiro atoms. The highest BCUT2D eigenvalue weighted by atomic mass is 16.2. The van der Waals surface area contributed by atoms with E-state index in [2.05, 4.69) is 0 Å². The second-order valence-corrected chi connectivity index (χ2v) is 4.08. The molecule has 0 unspecified atom stereocenters. The van der Waals surface area contributed by atoms with E-state index >= 15 is 0 Å². The van der Waals surface area contributed by atoms with Gasteiger partial charge in [0.05, 0.1) is 0 Å². The number of ketones is 1. The maximum atomic E-state index is 10.9. The van der Waals surface area contributed by atoms with Gasteiger partial charge in [0.2, 0.25) is 5.91 Å². The fraction of sp³-hybridized carbons (Fsp3) is 0.867. The summed E-state index contributed by atoms with van der Waals surface area (Å²) < 4.78 is 0. The summed E-state index contributed by atoms with van der Waals surface area (Å²) in [4.78, 5) is 23.3. The second-order valence-electron chi connectivity index (χ2n) is 4.08. The van der Waals surface area contributed by atoms with Crippen molar-refractivity contribution in [3.05, 3.63) is 0 Å². The molecule has 1 aliphatic heterocycles. The highest BCUT2D eigenvalue weighted by Crippen LogP contribution is 2.07. The van der Waals surface area contributed by atoms with E-state index in [0.717, 1.165) is 25.9 Å². The molecule has 0 radical (unpaired) electrons. The van der Waals surface area contributed by atoms with Crippen molar-refractivity contribution < 1.29 is 9.59 Å². The van der Waals surface area contributed by atoms with Gasteiger partial charge in [-0.05, 0) is 19.3 Å². The van der Waals surface area contributed by atoms with Gasteiger partial charge < -0.3 is 4.90 Å². The van der Waals surface area contributed by atoms with E-state index in [1.807, 2.05) is 39.5 Å². The zero-order valence-electron chi connectivity index (χ0n) is 12.9. The molecule has 3 nitrogen and oxygen atoms in total. The van der Waals surface area contributed by atoms with E-state index in [4.69, 9.17) is 0 Å². The number of hydrogen-bond donors (Lipinski definition) is 0. The molecular formula is C15H31NO2. The van der Waals surface area contributed by atoms with Crippen molar-refractivity contribution in [2.45, 2.75) is 73.1 Å². The van der Waals surface area contributed by atoms with E-state index in [1.165, 1.54) is 12.8 Å². The number of nitrogens with zero attached hydrogens (tertiary/aromatic N) is 1. The van der Waals surface area contributed by atoms with Crippen molar-refractivity contribution >= 4 is 11.7 Å². The average molecular weight is 257 g/mol. The molecule has 1 rings (SSSR count). The molecule has 1 fully saturated rings. The van der Waals surface area contributed by atoms with Crippen LogP contribution in [0.3, 0.4) is 0 Å². The summed E-state index contributed by atoms with van der Waals surface area (Å²) in [5, 5.41) is 0. The molecule has 0 aromatic rings. The topological polar surface area (TPSA) is 37.4 Å². The third kappa shape index (κ3) is 10.3. The van der Waals surface area contributed by atoms with Crippen molar-refractivity contribution in [2.75, 3.05) is 13.1 Å². The predicted octanol–water partition coefficient (Wildman–Crippen LogP) is 3.81. The first-order valence-corrected chi connectivity index (χ1v) is 7.45. The Morgan fingerprint density at radius 1 is 0.944 bits per heavy atom. The van der Waals surface area contributed by atoms with Crippen LogP contribution in [-0.4, -0.2) is 29.7 Å². The van der Waals surface area contributed by atoms with Crippen molar-refractivity contribution in [2.24, 2.45) is 0 Å². The molecule has 1 saturated heterocycles. The Kier molecular flexibility index (Phi) is 15.4. The second kappa shape index (κ2) is 14.2. The van der Waals surface area contributed by atoms with Crippen LogP contribution in [0.5, 0.6) is 0 Å². The van der Waals surface area contributed by atoms with Crippen molar-refractivity contribution in [3.63, 3.8) is 0 Å². The number of carbonyl (C=O) groups is 2. The summed E-state index contributed by atoms with van der Waals surface area (Å²) in [5.74, 6) is 0.690. The SMILES string of the molecule is CC.CCC(=O)N1CCCC1.CCCC(=O)CC. The molecule has 1 amide bonds. The molecule has 0 bridgehead atoms. The Hall–Kier alpha value is -0.860. The Morgan fingerprint density at radius 3 is 1.72 bits per heavy atom. The van der Waals surface area contributed by atoms with E-state index in [1.54, 1.807) is 0 Å². The van der Waals surface area contributed by atoms with Crippen LogP contribution in [-0.2, 0) is 9.59 Å². The standard InChI is InChI=1S/C7H13NO.C6H12O.C2H6/c1-2-7(9)8-5-3-4-6-8;1-3-5-6(7)4-2;1-2/h2-6H2,1H3;3-5H2,1-2H3;1-2H3. The Bertz CT molecular complexity index is 209. The maximum absolute atomic E-state index is 10.9. The maximum Gasteiger partial charge on any atom is 0.222 e. The first kappa shape index (κ1) is 19.5. The third-order valence-electron chi connectivity index (χ3n) is 2.68. The van der Waals surface area contributed by atoms with Crippen LogP contribution in [0.4, 0.5) is 0 Å². The minimum atomic E-state index is 0.313. The summed E-state index contributed by atoms with van der Waals surface area (Å²) in [6.45, 7) is 11.8. The summed E-state index contributed by atoms with van der Waals surface area (Å²) >= 11 is 0. The molecule has 18 heavy (non-hydrogen) atoms. The molecule has 0 aliphatic carbocycles. The number of hydrogen-bond acceptors (Lipinski definition) is 2. The highest BCUT2D eigenvalue weighted by Gasteiger charge is 2.14. The molecule has 0 aromatic carbocycles. The molecular weight excluding hydrogens is 226 g/mol. The smallest absolute Gasteiger partial charge is 0.222 e. The van der Waals surface area contributed by atoms with Crippen molar-refractivity contribution in [3.8, 4) is 0 Å². The number of Topliss-reactive ketones (excluding diaryl/α,β-unsaturated/α-hetero) is 1. The quantitative estimate of drug-likeness (QED) is 0.768. The summed E-state index contributed by atoms with van der Waals surface area (Å²) in [6.07, 6.45) is 5.52. The molecule has 108 valence electrons. The van der Waals surface area contributed by atoms with Crippen LogP contribution in [0.1, 0.15) is 73.1 Å². The summed E-state index contributed by atoms with van der Waals surface area (Å²) in [7, 11) is 0. The minimum Gasteiger partial charge on any atom is -0.343 e. The molecule has 0 aromatic heterocycles. The van der Waals surface area contributed by atoms with Gasteiger partial charge in [-0.1, -0.05) is 34.6 Å². The number of rotatable bonds is 4. The number of amides is 1. The third-order valence-corrected chi connectivity index (χ3v) is 2.68. The van der Waals surface area contributed by atoms with E-state index in [0.29, 0.717) is 24.5 Å². The normalized spacial score (nSPS) is 13.1. The molecule has 0 saturated carbocycles. The van der Waals surface area contributed by atoms with E-state index in [-0.39, 0.29) is 0 Å². The molecule has 3 heteroatoms. The van der Waals surface area contributed by atoms with Crippen LogP contribution in [0, 0.1) is 0 Å². The van der Waals surface area contributed by atoms with Gasteiger partial charge in [0.25, 0.3) is 0 Å². The van der Waals surface area contributed by atoms with Gasteiger partial charge in [0.1, 0.15) is 5.78 Å². The van der Waals surface area contributed by atoms with Gasteiger partial charge >= 0.3 is 0 Å². The van der Waals surface area contributed by atoms with Crippen LogP contribution in [0.15, 0.2) is 0 Å². The average Bonchev–Trinajstić information content (AvgIpc) is 2.95. The van der Waals surface area contributed by atoms with E-state index < -0.39 is 0 Å². The summed E-state index contributed by atoms with van der Waals surface area (Å²) in [6, 6.07) is 0. The van der Waals surface area contributed by atoms with Crippen LogP contribution >= 0.6 is 0 Å². The monoisotopic (exact) mass is 257 g/mol. The lowest BCUT2D eigenvalue weighted by Crippen LogP contribution is -2.26. The van der Waals surface area contributed by atoms with Gasteiger partial charge in [-0.15, -0.1) is 0 Å². The predicted molar refractivity (Wildman–Crippen MR) is 77.7 cm³/mol. The van der Waals surface area contributed by atoms with Crippen LogP contribution in [0.25, 0.3) is 0 Å². The van der Waals surface area contributed by atoms with E-state index in [9.17, 15) is 9.59 Å². The minimum absolute atomic E-state index is 0.313. The first-order chi connectivity index (χ1) is 8.65. The lowest BCUT2D eigenvalue weighted by atomic mass is 10.2. The zero-order chi connectivity index (χ0) is 14.4. The van der Waals surface area contributed by atoms with Crippen molar-refractivity contribution in [1.82, 2.24) is 4.90 Å². The first-order valence-electron chi connectivity index (χ1n) is 7.45. The molecule has 0 N–H and O–H groups in total. The highest BCUT2D eigenvalue weighted by molar-refractivity contribution is 5.77. The molecule has 0 atom stereocenters. The van der Waals surface area contributed by atoms with Gasteiger partial charge in [0, 0.05) is 32.4 Å². The molecule has 1 heterocycles. The fourth-order valence-electron chi connectivity index (χ4n) is 1.65. The number of carbonyl (C=O) groups excluding carboxylic acids is 2. The van der Waals surface area contributed by atoms with Gasteiger partial charge in [-0.2, -0.15) is 0 Å². The lowest BCUT2D eigenvalue weighted by Gasteiger charge is -2.12. The van der Waals surface area contributed by atoms with Gasteiger partial charge in [-0.25, -0.2) is 0 Å². The Labute approximate surface area is 113 Å². The van der Waals surface area contributed by atoms with Gasteiger partial charge in [0.15, 0.2) is 0 Å². The number of likely N-dealkylation sites (tertiary alicyclic amines) is 1. The summed E-state index contributed by atoms with van der Waals surface area (Å²) in [5.41, 5.74) is 0. The van der Waals surface area contributed by atoms with Crippen LogP contribution in [0.2, 0.25) is 0 Å². The Balaban J connectivity index is 0. The van der Waals surface area contributed by atoms with Gasteiger partial charge in [-0.3, -0.25) is 9.59 Å². The zero-order valence-corrected chi connectivity index (χ0v) is 12.9.